The summed E-state index contributed by atoms with van der Waals surface area (Å²) in [5.74, 6) is -3.25. The van der Waals surface area contributed by atoms with Crippen molar-refractivity contribution in [3.05, 3.63) is 0 Å². The first-order valence-corrected chi connectivity index (χ1v) is 3.49. The minimum atomic E-state index is -1.09. The van der Waals surface area contributed by atoms with Crippen molar-refractivity contribution in [1.29, 1.82) is 0 Å². The summed E-state index contributed by atoms with van der Waals surface area (Å²) in [6.07, 6.45) is -0.0417. The molecule has 2 N–H and O–H groups in total. The molecule has 89 valence electrons. The smallest absolute Gasteiger partial charge is 0.550 e. The van der Waals surface area contributed by atoms with Crippen LogP contribution in [-0.4, -0.2) is 24.5 Å². The SMILES string of the molecule is CC(=O)[O-].CC(=O)[O-].NCCC(=O)[O-].[Fe+3]. The van der Waals surface area contributed by atoms with E-state index in [1.54, 1.807) is 0 Å². The van der Waals surface area contributed by atoms with Gasteiger partial charge in [-0.3, -0.25) is 0 Å². The maximum atomic E-state index is 9.41. The number of carboxylic acids is 3. The molecule has 0 unspecified atom stereocenters. The number of carbonyl (C=O) groups excluding carboxylic acids is 3. The Labute approximate surface area is 97.7 Å². The molecule has 1 radical (unpaired) electrons. The second-order valence-electron chi connectivity index (χ2n) is 1.89. The molecule has 0 saturated carbocycles. The van der Waals surface area contributed by atoms with Gasteiger partial charge < -0.3 is 35.4 Å². The number of carbonyl (C=O) groups is 3. The fraction of sp³-hybridized carbons (Fsp3) is 0.571. The molecule has 0 aliphatic heterocycles. The van der Waals surface area contributed by atoms with E-state index in [2.05, 4.69) is 0 Å². The minimum Gasteiger partial charge on any atom is -0.550 e. The molecule has 0 atom stereocenters. The van der Waals surface area contributed by atoms with E-state index in [0.717, 1.165) is 13.8 Å². The zero-order valence-corrected chi connectivity index (χ0v) is 9.40. The third-order valence-corrected chi connectivity index (χ3v) is 0.348. The Morgan fingerprint density at radius 3 is 1.20 bits per heavy atom. The van der Waals surface area contributed by atoms with Gasteiger partial charge in [0.05, 0.1) is 0 Å². The summed E-state index contributed by atoms with van der Waals surface area (Å²) >= 11 is 0. The van der Waals surface area contributed by atoms with Gasteiger partial charge in [0.25, 0.3) is 0 Å². The molecule has 0 spiro atoms. The Balaban J connectivity index is -0.0000000606. The fourth-order valence-electron chi connectivity index (χ4n) is 0.118. The molecule has 0 aliphatic carbocycles. The maximum Gasteiger partial charge on any atom is 3.00 e. The van der Waals surface area contributed by atoms with Gasteiger partial charge in [0.1, 0.15) is 0 Å². The van der Waals surface area contributed by atoms with Crippen molar-refractivity contribution in [2.45, 2.75) is 20.3 Å². The normalized spacial score (nSPS) is 6.60. The summed E-state index contributed by atoms with van der Waals surface area (Å²) < 4.78 is 0. The van der Waals surface area contributed by atoms with Crippen molar-refractivity contribution in [2.24, 2.45) is 5.73 Å². The van der Waals surface area contributed by atoms with Crippen LogP contribution in [0, 0.1) is 0 Å². The molecule has 0 aromatic rings. The van der Waals surface area contributed by atoms with E-state index < -0.39 is 17.9 Å². The first-order chi connectivity index (χ1) is 6.23. The third kappa shape index (κ3) is 428. The second kappa shape index (κ2) is 18.6. The molecule has 15 heavy (non-hydrogen) atoms. The van der Waals surface area contributed by atoms with Crippen molar-refractivity contribution in [3.63, 3.8) is 0 Å². The molecular formula is C7H12FeNO6. The average molecular weight is 262 g/mol. The van der Waals surface area contributed by atoms with Crippen LogP contribution >= 0.6 is 0 Å². The first kappa shape index (κ1) is 23.6. The van der Waals surface area contributed by atoms with Gasteiger partial charge in [-0.2, -0.15) is 0 Å². The molecular weight excluding hydrogens is 250 g/mol. The van der Waals surface area contributed by atoms with E-state index in [-0.39, 0.29) is 30.0 Å². The van der Waals surface area contributed by atoms with E-state index in [9.17, 15) is 9.90 Å². The average Bonchev–Trinajstić information content (AvgIpc) is 1.82. The van der Waals surface area contributed by atoms with Crippen molar-refractivity contribution >= 4 is 17.9 Å². The van der Waals surface area contributed by atoms with Gasteiger partial charge in [0.15, 0.2) is 0 Å². The van der Waals surface area contributed by atoms with E-state index >= 15 is 0 Å². The van der Waals surface area contributed by atoms with Gasteiger partial charge in [-0.25, -0.2) is 0 Å². The van der Waals surface area contributed by atoms with Gasteiger partial charge in [-0.15, -0.1) is 0 Å². The van der Waals surface area contributed by atoms with Gasteiger partial charge in [-0.05, 0) is 26.8 Å². The summed E-state index contributed by atoms with van der Waals surface area (Å²) in [6.45, 7) is 2.11. The van der Waals surface area contributed by atoms with Gasteiger partial charge in [-0.1, -0.05) is 0 Å². The van der Waals surface area contributed by atoms with Crippen LogP contribution in [0.3, 0.4) is 0 Å². The quantitative estimate of drug-likeness (QED) is 0.494. The number of hydrogen-bond donors (Lipinski definition) is 1. The van der Waals surface area contributed by atoms with Crippen LogP contribution in [0.4, 0.5) is 0 Å². The Bertz CT molecular complexity index is 164. The molecule has 0 amide bonds. The first-order valence-electron chi connectivity index (χ1n) is 3.49. The van der Waals surface area contributed by atoms with E-state index in [1.165, 1.54) is 0 Å². The van der Waals surface area contributed by atoms with Crippen molar-refractivity contribution in [3.8, 4) is 0 Å². The van der Waals surface area contributed by atoms with Gasteiger partial charge >= 0.3 is 17.1 Å². The predicted molar refractivity (Wildman–Crippen MR) is 40.0 cm³/mol. The zero-order chi connectivity index (χ0) is 12.1. The van der Waals surface area contributed by atoms with Crippen LogP contribution < -0.4 is 21.1 Å². The van der Waals surface area contributed by atoms with Crippen LogP contribution in [0.1, 0.15) is 20.3 Å². The molecule has 7 nitrogen and oxygen atoms in total. The Morgan fingerprint density at radius 1 is 1.00 bits per heavy atom. The molecule has 0 rings (SSSR count). The van der Waals surface area contributed by atoms with Crippen LogP contribution in [0.2, 0.25) is 0 Å². The molecule has 0 saturated heterocycles. The molecule has 0 aromatic carbocycles. The van der Waals surface area contributed by atoms with Crippen molar-refractivity contribution in [2.75, 3.05) is 6.54 Å². The largest absolute Gasteiger partial charge is 3.00 e. The predicted octanol–water partition coefficient (Wildman–Crippen LogP) is -4.40. The Morgan fingerprint density at radius 2 is 1.20 bits per heavy atom. The fourth-order valence-corrected chi connectivity index (χ4v) is 0.118. The Hall–Kier alpha value is -1.11. The van der Waals surface area contributed by atoms with Crippen LogP contribution in [-0.2, 0) is 31.5 Å². The minimum absolute atomic E-state index is 0. The van der Waals surface area contributed by atoms with Crippen molar-refractivity contribution in [1.82, 2.24) is 0 Å². The number of aliphatic carboxylic acids is 3. The molecule has 8 heteroatoms. The van der Waals surface area contributed by atoms with E-state index in [4.69, 9.17) is 25.5 Å². The summed E-state index contributed by atoms with van der Waals surface area (Å²) in [6, 6.07) is 0. The summed E-state index contributed by atoms with van der Waals surface area (Å²) in [5.41, 5.74) is 4.81. The molecule has 0 aromatic heterocycles. The monoisotopic (exact) mass is 262 g/mol. The molecule has 0 fully saturated rings. The second-order valence-corrected chi connectivity index (χ2v) is 1.89. The van der Waals surface area contributed by atoms with E-state index in [1.807, 2.05) is 0 Å². The maximum absolute atomic E-state index is 9.41. The topological polar surface area (TPSA) is 146 Å². The van der Waals surface area contributed by atoms with Crippen molar-refractivity contribution < 1.29 is 46.8 Å². The standard InChI is InChI=1S/C3H7NO2.2C2H4O2.Fe/c4-2-1-3(5)6;2*1-2(3)4;/h1-2,4H2,(H,5,6);2*1H3,(H,3,4);/q;;;+3/p-3. The molecule has 0 aliphatic rings. The summed E-state index contributed by atoms with van der Waals surface area (Å²) in [7, 11) is 0. The number of rotatable bonds is 2. The van der Waals surface area contributed by atoms with E-state index in [0.29, 0.717) is 0 Å². The van der Waals surface area contributed by atoms with Crippen LogP contribution in [0.25, 0.3) is 0 Å². The van der Waals surface area contributed by atoms with Crippen LogP contribution in [0.15, 0.2) is 0 Å². The third-order valence-electron chi connectivity index (χ3n) is 0.348. The van der Waals surface area contributed by atoms with Gasteiger partial charge in [0.2, 0.25) is 0 Å². The number of hydrogen-bond acceptors (Lipinski definition) is 7. The molecule has 0 heterocycles. The summed E-state index contributed by atoms with van der Waals surface area (Å²) in [5, 5.41) is 27.2. The Kier molecular flexibility index (Phi) is 29.3. The van der Waals surface area contributed by atoms with Crippen LogP contribution in [0.5, 0.6) is 0 Å². The van der Waals surface area contributed by atoms with Gasteiger partial charge in [0, 0.05) is 17.9 Å². The zero-order valence-electron chi connectivity index (χ0n) is 8.29. The summed E-state index contributed by atoms with van der Waals surface area (Å²) in [4.78, 5) is 27.2. The number of nitrogens with two attached hydrogens (primary N) is 1. The molecule has 0 bridgehead atoms. The number of carboxylic acid groups (broad SMARTS) is 3.